The van der Waals surface area contributed by atoms with Gasteiger partial charge in [-0.25, -0.2) is 0 Å². The van der Waals surface area contributed by atoms with Gasteiger partial charge in [-0.2, -0.15) is 0 Å². The molecule has 0 aliphatic heterocycles. The van der Waals surface area contributed by atoms with Crippen LogP contribution in [0.5, 0.6) is 0 Å². The smallest absolute Gasteiger partial charge is 0.0134 e. The van der Waals surface area contributed by atoms with Crippen molar-refractivity contribution in [2.75, 3.05) is 14.1 Å². The number of benzene rings is 6. The maximum absolute atomic E-state index is 2.75. The lowest BCUT2D eigenvalue weighted by atomic mass is 10.4. The quantitative estimate of drug-likeness (QED) is 0.199. The Morgan fingerprint density at radius 2 is 0.405 bits per heavy atom. The van der Waals surface area contributed by atoms with Crippen LogP contribution >= 0.6 is 28.3 Å². The van der Waals surface area contributed by atoms with Gasteiger partial charge in [0.1, 0.15) is 0 Å². The summed E-state index contributed by atoms with van der Waals surface area (Å²) in [7, 11) is 2.86. The topological polar surface area (TPSA) is 12.0 Å². The van der Waals surface area contributed by atoms with Crippen LogP contribution in [0.25, 0.3) is 0 Å². The first-order valence-corrected chi connectivity index (χ1v) is 16.5. The van der Waals surface area contributed by atoms with Gasteiger partial charge in [0.25, 0.3) is 0 Å². The molecule has 0 aromatic heterocycles. The molecule has 1 N–H and O–H groups in total. The van der Waals surface area contributed by atoms with Crippen LogP contribution in [0.2, 0.25) is 0 Å². The monoisotopic (exact) mass is 605 g/mol. The lowest BCUT2D eigenvalue weighted by Gasteiger charge is -2.18. The zero-order chi connectivity index (χ0) is 28.5. The van der Waals surface area contributed by atoms with Gasteiger partial charge in [0, 0.05) is 0 Å². The molecule has 42 heavy (non-hydrogen) atoms. The van der Waals surface area contributed by atoms with E-state index in [0.717, 1.165) is 0 Å². The lowest BCUT2D eigenvalue weighted by molar-refractivity contribution is 1.02. The van der Waals surface area contributed by atoms with Crippen molar-refractivity contribution in [1.82, 2.24) is 5.32 Å². The van der Waals surface area contributed by atoms with Gasteiger partial charge >= 0.3 is 0 Å². The first-order chi connectivity index (χ1) is 20.3. The molecule has 212 valence electrons. The van der Waals surface area contributed by atoms with Crippen LogP contribution in [0.3, 0.4) is 0 Å². The Balaban J connectivity index is 0.000000207. The molecular weight excluding hydrogens is 568 g/mol. The van der Waals surface area contributed by atoms with Crippen molar-refractivity contribution < 1.29 is 0 Å². The second-order valence-electron chi connectivity index (χ2n) is 9.18. The van der Waals surface area contributed by atoms with Crippen LogP contribution < -0.4 is 37.1 Å². The molecule has 0 heterocycles. The van der Waals surface area contributed by atoms with Crippen LogP contribution in [-0.4, -0.2) is 14.1 Å². The van der Waals surface area contributed by atoms with Crippen molar-refractivity contribution >= 4 is 60.1 Å². The molecule has 0 aliphatic rings. The summed E-state index contributed by atoms with van der Waals surface area (Å²) in [5, 5.41) is 11.1. The fraction of sp³-hybridized carbons (Fsp3) is 0.0526. The molecule has 0 aliphatic carbocycles. The number of nitrogens with one attached hydrogen (secondary N) is 1. The summed E-state index contributed by atoms with van der Waals surface area (Å²) in [6.07, 6.45) is 0. The van der Waals surface area contributed by atoms with Gasteiger partial charge in [0.05, 0.1) is 0 Å². The normalized spacial score (nSPS) is 10.0. The maximum Gasteiger partial charge on any atom is -0.0134 e. The highest BCUT2D eigenvalue weighted by Gasteiger charge is 2.16. The SMILES string of the molecule is CNC.Cl.c1ccc(P(c2ccccc2)c2ccccc2)cc1.c1ccc(P(c2ccccc2)c2ccccc2)cc1. The van der Waals surface area contributed by atoms with E-state index < -0.39 is 15.8 Å². The molecule has 1 nitrogen and oxygen atoms in total. The second-order valence-corrected chi connectivity index (χ2v) is 13.6. The van der Waals surface area contributed by atoms with Crippen LogP contribution in [0.1, 0.15) is 0 Å². The third-order valence-electron chi connectivity index (χ3n) is 6.09. The maximum atomic E-state index is 2.75. The number of hydrogen-bond acceptors (Lipinski definition) is 1. The van der Waals surface area contributed by atoms with E-state index >= 15 is 0 Å². The number of rotatable bonds is 6. The van der Waals surface area contributed by atoms with Crippen LogP contribution in [0, 0.1) is 0 Å². The van der Waals surface area contributed by atoms with Crippen molar-refractivity contribution in [3.8, 4) is 0 Å². The first-order valence-electron chi connectivity index (χ1n) is 13.8. The Bertz CT molecular complexity index is 1200. The van der Waals surface area contributed by atoms with Crippen molar-refractivity contribution in [2.24, 2.45) is 0 Å². The van der Waals surface area contributed by atoms with E-state index in [1.807, 2.05) is 14.1 Å². The van der Waals surface area contributed by atoms with Crippen molar-refractivity contribution in [1.29, 1.82) is 0 Å². The number of hydrogen-bond donors (Lipinski definition) is 1. The van der Waals surface area contributed by atoms with Gasteiger partial charge in [-0.1, -0.05) is 182 Å². The van der Waals surface area contributed by atoms with Gasteiger partial charge in [0.15, 0.2) is 0 Å². The summed E-state index contributed by atoms with van der Waals surface area (Å²) in [6, 6.07) is 64.7. The minimum atomic E-state index is -0.446. The zero-order valence-corrected chi connectivity index (χ0v) is 26.7. The molecule has 6 aromatic rings. The summed E-state index contributed by atoms with van der Waals surface area (Å²) in [5.74, 6) is 0. The molecule has 6 rings (SSSR count). The van der Waals surface area contributed by atoms with E-state index in [2.05, 4.69) is 187 Å². The second kappa shape index (κ2) is 18.8. The predicted molar refractivity (Wildman–Crippen MR) is 193 cm³/mol. The third-order valence-corrected chi connectivity index (χ3v) is 11.0. The molecule has 4 heteroatoms. The Labute approximate surface area is 260 Å². The summed E-state index contributed by atoms with van der Waals surface area (Å²) in [4.78, 5) is 0. The van der Waals surface area contributed by atoms with E-state index in [4.69, 9.17) is 0 Å². The van der Waals surface area contributed by atoms with Gasteiger partial charge in [-0.05, 0) is 61.8 Å². The third kappa shape index (κ3) is 9.77. The minimum absolute atomic E-state index is 0. The highest BCUT2D eigenvalue weighted by Crippen LogP contribution is 2.33. The van der Waals surface area contributed by atoms with Gasteiger partial charge < -0.3 is 5.32 Å². The average molecular weight is 606 g/mol. The van der Waals surface area contributed by atoms with E-state index in [9.17, 15) is 0 Å². The fourth-order valence-electron chi connectivity index (χ4n) is 4.36. The summed E-state index contributed by atoms with van der Waals surface area (Å²) in [6.45, 7) is 0. The standard InChI is InChI=1S/2C18H15P.C2H7N.ClH/c2*1-4-10-16(11-5-1)19(17-12-6-2-7-13-17)18-14-8-3-9-15-18;1-3-2;/h2*1-15H;3H,1-2H3;1H. The lowest BCUT2D eigenvalue weighted by Crippen LogP contribution is -2.20. The van der Waals surface area contributed by atoms with Crippen LogP contribution in [0.15, 0.2) is 182 Å². The highest BCUT2D eigenvalue weighted by molar-refractivity contribution is 7.80. The zero-order valence-electron chi connectivity index (χ0n) is 24.1. The molecule has 0 bridgehead atoms. The molecule has 0 radical (unpaired) electrons. The van der Waals surface area contributed by atoms with Crippen LogP contribution in [-0.2, 0) is 0 Å². The summed E-state index contributed by atoms with van der Waals surface area (Å²) in [5.41, 5.74) is 0. The van der Waals surface area contributed by atoms with Crippen molar-refractivity contribution in [3.05, 3.63) is 182 Å². The largest absolute Gasteiger partial charge is 0.323 e. The van der Waals surface area contributed by atoms with Gasteiger partial charge in [-0.15, -0.1) is 12.4 Å². The molecule has 0 saturated heterocycles. The average Bonchev–Trinajstić information content (AvgIpc) is 3.05. The fourth-order valence-corrected chi connectivity index (χ4v) is 8.97. The molecule has 0 saturated carbocycles. The van der Waals surface area contributed by atoms with E-state index in [0.29, 0.717) is 0 Å². The number of halogens is 1. The van der Waals surface area contributed by atoms with E-state index in [-0.39, 0.29) is 12.4 Å². The van der Waals surface area contributed by atoms with Gasteiger partial charge in [0.2, 0.25) is 0 Å². The molecule has 6 aromatic carbocycles. The summed E-state index contributed by atoms with van der Waals surface area (Å²) < 4.78 is 0. The predicted octanol–water partition coefficient (Wildman–Crippen LogP) is 7.15. The molecule has 0 fully saturated rings. The Hall–Kier alpha value is -3.57. The highest BCUT2D eigenvalue weighted by atomic mass is 35.5. The Morgan fingerprint density at radius 3 is 0.524 bits per heavy atom. The Kier molecular flexibility index (Phi) is 14.7. The molecule has 0 unspecified atom stereocenters. The summed E-state index contributed by atoms with van der Waals surface area (Å²) >= 11 is 0. The molecule has 0 spiro atoms. The van der Waals surface area contributed by atoms with Crippen molar-refractivity contribution in [3.63, 3.8) is 0 Å². The minimum Gasteiger partial charge on any atom is -0.323 e. The Morgan fingerprint density at radius 1 is 0.286 bits per heavy atom. The molecular formula is C38H38ClNP2. The van der Waals surface area contributed by atoms with Gasteiger partial charge in [-0.3, -0.25) is 0 Å². The molecule has 0 atom stereocenters. The first kappa shape index (κ1) is 32.9. The van der Waals surface area contributed by atoms with Crippen molar-refractivity contribution in [2.45, 2.75) is 0 Å². The molecule has 0 amide bonds. The van der Waals surface area contributed by atoms with E-state index in [1.165, 1.54) is 31.8 Å². The van der Waals surface area contributed by atoms with Crippen LogP contribution in [0.4, 0.5) is 0 Å². The van der Waals surface area contributed by atoms with E-state index in [1.54, 1.807) is 0 Å².